The zero-order valence-electron chi connectivity index (χ0n) is 9.92. The number of halogens is 2. The Morgan fingerprint density at radius 2 is 1.88 bits per heavy atom. The number of carbonyl (C=O) groups is 1. The average Bonchev–Trinajstić information content (AvgIpc) is 2.65. The summed E-state index contributed by atoms with van der Waals surface area (Å²) in [6, 6.07) is 5.14. The number of hydrogen-bond donors (Lipinski definition) is 1. The van der Waals surface area contributed by atoms with Crippen LogP contribution in [0.2, 0.25) is 10.0 Å². The first-order valence-electron chi connectivity index (χ1n) is 5.25. The Balaban J connectivity index is 0.000000686. The zero-order valence-corrected chi connectivity index (χ0v) is 11.4. The number of aromatic nitrogens is 1. The molecule has 0 spiro atoms. The maximum atomic E-state index is 11.1. The first kappa shape index (κ1) is 13.9. The van der Waals surface area contributed by atoms with Crippen molar-refractivity contribution >= 4 is 40.0 Å². The lowest BCUT2D eigenvalue weighted by Crippen LogP contribution is -2.14. The van der Waals surface area contributed by atoms with Gasteiger partial charge in [-0.05, 0) is 18.2 Å². The van der Waals surface area contributed by atoms with Crippen molar-refractivity contribution in [2.45, 2.75) is 13.8 Å². The van der Waals surface area contributed by atoms with Gasteiger partial charge in [-0.3, -0.25) is 4.79 Å². The summed E-state index contributed by atoms with van der Waals surface area (Å²) in [5, 5.41) is 1.64. The van der Waals surface area contributed by atoms with Crippen LogP contribution in [0.15, 0.2) is 18.2 Å². The van der Waals surface area contributed by atoms with E-state index in [1.807, 2.05) is 13.8 Å². The second kappa shape index (κ2) is 5.43. The molecule has 0 saturated carbocycles. The lowest BCUT2D eigenvalue weighted by atomic mass is 10.2. The number of primary amides is 1. The van der Waals surface area contributed by atoms with Crippen molar-refractivity contribution in [2.24, 2.45) is 12.8 Å². The van der Waals surface area contributed by atoms with Crippen molar-refractivity contribution in [3.05, 3.63) is 33.9 Å². The monoisotopic (exact) mass is 272 g/mol. The summed E-state index contributed by atoms with van der Waals surface area (Å²) in [6.07, 6.45) is 0. The predicted octanol–water partition coefficient (Wildman–Crippen LogP) is 3.61. The van der Waals surface area contributed by atoms with Gasteiger partial charge in [0.25, 0.3) is 5.91 Å². The first-order valence-corrected chi connectivity index (χ1v) is 6.01. The van der Waals surface area contributed by atoms with Crippen LogP contribution in [0.3, 0.4) is 0 Å². The molecule has 0 aliphatic rings. The quantitative estimate of drug-likeness (QED) is 0.847. The van der Waals surface area contributed by atoms with Crippen LogP contribution in [0.4, 0.5) is 0 Å². The number of nitrogens with zero attached hydrogens (tertiary/aromatic N) is 1. The number of aryl methyl sites for hydroxylation is 1. The molecule has 3 nitrogen and oxygen atoms in total. The highest BCUT2D eigenvalue weighted by molar-refractivity contribution is 6.45. The van der Waals surface area contributed by atoms with Gasteiger partial charge in [0.2, 0.25) is 0 Å². The normalized spacial score (nSPS) is 9.94. The Morgan fingerprint density at radius 1 is 1.29 bits per heavy atom. The van der Waals surface area contributed by atoms with E-state index < -0.39 is 5.91 Å². The van der Waals surface area contributed by atoms with Crippen LogP contribution in [0.1, 0.15) is 24.3 Å². The fraction of sp³-hybridized carbons (Fsp3) is 0.250. The van der Waals surface area contributed by atoms with Crippen molar-refractivity contribution in [1.29, 1.82) is 0 Å². The molecule has 0 radical (unpaired) electrons. The lowest BCUT2D eigenvalue weighted by molar-refractivity contribution is 0.0993. The van der Waals surface area contributed by atoms with E-state index >= 15 is 0 Å². The van der Waals surface area contributed by atoms with Crippen molar-refractivity contribution in [1.82, 2.24) is 4.57 Å². The number of carbonyl (C=O) groups excluding carboxylic acids is 1. The molecule has 2 aromatic rings. The van der Waals surface area contributed by atoms with Gasteiger partial charge < -0.3 is 10.3 Å². The average molecular weight is 273 g/mol. The van der Waals surface area contributed by atoms with Crippen molar-refractivity contribution in [3.63, 3.8) is 0 Å². The molecule has 0 unspecified atom stereocenters. The minimum atomic E-state index is -0.485. The molecular formula is C12H14Cl2N2O. The van der Waals surface area contributed by atoms with Gasteiger partial charge in [-0.2, -0.15) is 0 Å². The van der Waals surface area contributed by atoms with Gasteiger partial charge in [-0.1, -0.05) is 37.0 Å². The molecule has 0 atom stereocenters. The third-order valence-electron chi connectivity index (χ3n) is 2.37. The third kappa shape index (κ3) is 2.40. The molecule has 1 heterocycles. The van der Waals surface area contributed by atoms with E-state index in [0.29, 0.717) is 15.7 Å². The number of fused-ring (bicyclic) bond motifs is 1. The third-order valence-corrected chi connectivity index (χ3v) is 3.18. The summed E-state index contributed by atoms with van der Waals surface area (Å²) in [6.45, 7) is 4.00. The summed E-state index contributed by atoms with van der Waals surface area (Å²) in [5.74, 6) is -0.485. The minimum Gasteiger partial charge on any atom is -0.364 e. The summed E-state index contributed by atoms with van der Waals surface area (Å²) in [5.41, 5.74) is 6.47. The molecular weight excluding hydrogens is 259 g/mol. The maximum absolute atomic E-state index is 11.1. The fourth-order valence-corrected chi connectivity index (χ4v) is 1.96. The number of rotatable bonds is 1. The van der Waals surface area contributed by atoms with Crippen LogP contribution in [0.5, 0.6) is 0 Å². The molecule has 5 heteroatoms. The molecule has 2 N–H and O–H groups in total. The van der Waals surface area contributed by atoms with Gasteiger partial charge in [-0.15, -0.1) is 0 Å². The standard InChI is InChI=1S/C10H8Cl2N2O.C2H6/c1-14-7-3-2-6(11)9(12)5(7)4-8(14)10(13)15;1-2/h2-4H,1H3,(H2,13,15);1-2H3. The van der Waals surface area contributed by atoms with E-state index in [9.17, 15) is 4.79 Å². The molecule has 92 valence electrons. The highest BCUT2D eigenvalue weighted by atomic mass is 35.5. The van der Waals surface area contributed by atoms with Crippen LogP contribution >= 0.6 is 23.2 Å². The van der Waals surface area contributed by atoms with E-state index in [1.54, 1.807) is 29.8 Å². The highest BCUT2D eigenvalue weighted by Crippen LogP contribution is 2.32. The topological polar surface area (TPSA) is 48.0 Å². The maximum Gasteiger partial charge on any atom is 0.265 e. The zero-order chi connectivity index (χ0) is 13.2. The summed E-state index contributed by atoms with van der Waals surface area (Å²) in [7, 11) is 1.76. The van der Waals surface area contributed by atoms with Gasteiger partial charge in [0.1, 0.15) is 5.69 Å². The predicted molar refractivity (Wildman–Crippen MR) is 72.8 cm³/mol. The smallest absolute Gasteiger partial charge is 0.265 e. The largest absolute Gasteiger partial charge is 0.364 e. The fourth-order valence-electron chi connectivity index (χ4n) is 1.59. The Bertz CT molecular complexity index is 561. The van der Waals surface area contributed by atoms with Crippen molar-refractivity contribution in [3.8, 4) is 0 Å². The Morgan fingerprint density at radius 3 is 2.41 bits per heavy atom. The van der Waals surface area contributed by atoms with E-state index in [4.69, 9.17) is 28.9 Å². The van der Waals surface area contributed by atoms with Crippen LogP contribution in [-0.2, 0) is 7.05 Å². The van der Waals surface area contributed by atoms with Crippen LogP contribution in [0, 0.1) is 0 Å². The molecule has 0 bridgehead atoms. The number of amides is 1. The molecule has 2 rings (SSSR count). The first-order chi connectivity index (χ1) is 8.02. The van der Waals surface area contributed by atoms with Gasteiger partial charge in [0.15, 0.2) is 0 Å². The SMILES string of the molecule is CC.Cn1c(C(N)=O)cc2c(Cl)c(Cl)ccc21. The molecule has 0 aliphatic carbocycles. The van der Waals surface area contributed by atoms with E-state index in [-0.39, 0.29) is 0 Å². The van der Waals surface area contributed by atoms with Crippen LogP contribution < -0.4 is 5.73 Å². The lowest BCUT2D eigenvalue weighted by Gasteiger charge is -2.00. The molecule has 1 aromatic heterocycles. The Kier molecular flexibility index (Phi) is 4.43. The van der Waals surface area contributed by atoms with Crippen LogP contribution in [0.25, 0.3) is 10.9 Å². The number of nitrogens with two attached hydrogens (primary N) is 1. The Hall–Kier alpha value is -1.19. The molecule has 1 amide bonds. The Labute approximate surface area is 110 Å². The molecule has 0 saturated heterocycles. The van der Waals surface area contributed by atoms with E-state index in [0.717, 1.165) is 10.9 Å². The summed E-state index contributed by atoms with van der Waals surface area (Å²) < 4.78 is 1.69. The molecule has 17 heavy (non-hydrogen) atoms. The molecule has 1 aromatic carbocycles. The number of benzene rings is 1. The van der Waals surface area contributed by atoms with E-state index in [1.165, 1.54) is 0 Å². The molecule has 0 fully saturated rings. The van der Waals surface area contributed by atoms with Crippen molar-refractivity contribution < 1.29 is 4.79 Å². The van der Waals surface area contributed by atoms with Gasteiger partial charge in [0, 0.05) is 18.0 Å². The second-order valence-electron chi connectivity index (χ2n) is 3.25. The highest BCUT2D eigenvalue weighted by Gasteiger charge is 2.13. The van der Waals surface area contributed by atoms with Gasteiger partial charge >= 0.3 is 0 Å². The van der Waals surface area contributed by atoms with Crippen LogP contribution in [-0.4, -0.2) is 10.5 Å². The van der Waals surface area contributed by atoms with Gasteiger partial charge in [-0.25, -0.2) is 0 Å². The molecule has 0 aliphatic heterocycles. The second-order valence-corrected chi connectivity index (χ2v) is 4.03. The van der Waals surface area contributed by atoms with E-state index in [2.05, 4.69) is 0 Å². The van der Waals surface area contributed by atoms with Gasteiger partial charge in [0.05, 0.1) is 10.0 Å². The summed E-state index contributed by atoms with van der Waals surface area (Å²) >= 11 is 11.9. The summed E-state index contributed by atoms with van der Waals surface area (Å²) in [4.78, 5) is 11.1. The van der Waals surface area contributed by atoms with Crippen molar-refractivity contribution in [2.75, 3.05) is 0 Å². The number of hydrogen-bond acceptors (Lipinski definition) is 1. The minimum absolute atomic E-state index is 0.411.